The number of imidazole rings is 1. The van der Waals surface area contributed by atoms with Gasteiger partial charge in [-0.15, -0.1) is 0 Å². The smallest absolute Gasteiger partial charge is 0.165 e. The van der Waals surface area contributed by atoms with E-state index in [0.29, 0.717) is 12.1 Å². The van der Waals surface area contributed by atoms with E-state index in [0.717, 1.165) is 51.8 Å². The van der Waals surface area contributed by atoms with Crippen LogP contribution in [-0.4, -0.2) is 40.7 Å². The molecule has 2 aromatic heterocycles. The van der Waals surface area contributed by atoms with Crippen LogP contribution in [-0.2, 0) is 6.42 Å². The summed E-state index contributed by atoms with van der Waals surface area (Å²) in [5.41, 5.74) is 5.89. The van der Waals surface area contributed by atoms with Crippen LogP contribution in [0.2, 0.25) is 0 Å². The fourth-order valence-electron chi connectivity index (χ4n) is 4.53. The summed E-state index contributed by atoms with van der Waals surface area (Å²) in [6.45, 7) is 6.35. The van der Waals surface area contributed by atoms with Crippen LogP contribution in [0, 0.1) is 13.8 Å². The third-order valence-electron chi connectivity index (χ3n) is 6.21. The quantitative estimate of drug-likeness (QED) is 0.568. The molecule has 5 rings (SSSR count). The van der Waals surface area contributed by atoms with Crippen molar-refractivity contribution in [3.63, 3.8) is 0 Å². The molecule has 0 saturated heterocycles. The van der Waals surface area contributed by atoms with Gasteiger partial charge in [0.15, 0.2) is 5.65 Å². The highest BCUT2D eigenvalue weighted by molar-refractivity contribution is 5.85. The minimum absolute atomic E-state index is 0.655. The Kier molecular flexibility index (Phi) is 4.60. The zero-order valence-corrected chi connectivity index (χ0v) is 18.5. The van der Waals surface area contributed by atoms with Gasteiger partial charge in [-0.1, -0.05) is 6.92 Å². The number of anilines is 1. The van der Waals surface area contributed by atoms with Crippen LogP contribution in [0.4, 0.5) is 5.82 Å². The van der Waals surface area contributed by atoms with Gasteiger partial charge in [0, 0.05) is 24.0 Å². The number of rotatable bonds is 7. The topological polar surface area (TPSA) is 51.9 Å². The molecule has 0 bridgehead atoms. The first-order valence-corrected chi connectivity index (χ1v) is 11.0. The molecule has 0 radical (unpaired) electrons. The Bertz CT molecular complexity index is 1080. The summed E-state index contributed by atoms with van der Waals surface area (Å²) < 4.78 is 13.8. The van der Waals surface area contributed by atoms with Crippen LogP contribution >= 0.6 is 0 Å². The number of aryl methyl sites for hydroxylation is 3. The van der Waals surface area contributed by atoms with Gasteiger partial charge >= 0.3 is 0 Å². The number of hydrogen-bond donors (Lipinski definition) is 0. The molecule has 0 N–H and O–H groups in total. The van der Waals surface area contributed by atoms with Crippen molar-refractivity contribution in [3.05, 3.63) is 35.3 Å². The van der Waals surface area contributed by atoms with Crippen molar-refractivity contribution in [1.82, 2.24) is 14.4 Å². The second-order valence-corrected chi connectivity index (χ2v) is 8.56. The van der Waals surface area contributed by atoms with Crippen LogP contribution in [0.5, 0.6) is 11.5 Å². The van der Waals surface area contributed by atoms with Crippen LogP contribution in [0.25, 0.3) is 16.9 Å². The third kappa shape index (κ3) is 3.01. The summed E-state index contributed by atoms with van der Waals surface area (Å²) >= 11 is 0. The van der Waals surface area contributed by atoms with Gasteiger partial charge < -0.3 is 14.4 Å². The molecule has 0 amide bonds. The molecule has 6 heteroatoms. The molecule has 158 valence electrons. The van der Waals surface area contributed by atoms with E-state index < -0.39 is 0 Å². The van der Waals surface area contributed by atoms with E-state index in [1.807, 2.05) is 25.3 Å². The monoisotopic (exact) mass is 406 g/mol. The summed E-state index contributed by atoms with van der Waals surface area (Å²) in [6, 6.07) is 5.37. The van der Waals surface area contributed by atoms with Crippen LogP contribution in [0.3, 0.4) is 0 Å². The Morgan fingerprint density at radius 3 is 2.13 bits per heavy atom. The lowest BCUT2D eigenvalue weighted by molar-refractivity contribution is 0.396. The normalized spacial score (nSPS) is 16.2. The molecule has 2 aliphatic carbocycles. The highest BCUT2D eigenvalue weighted by Gasteiger charge is 2.42. The van der Waals surface area contributed by atoms with Crippen molar-refractivity contribution in [2.75, 3.05) is 19.1 Å². The van der Waals surface area contributed by atoms with Crippen LogP contribution < -0.4 is 14.4 Å². The lowest BCUT2D eigenvalue weighted by Gasteiger charge is -2.25. The molecule has 3 aromatic rings. The Morgan fingerprint density at radius 2 is 1.63 bits per heavy atom. The number of fused-ring (bicyclic) bond motifs is 1. The van der Waals surface area contributed by atoms with E-state index in [2.05, 4.69) is 23.1 Å². The Hall–Kier alpha value is -2.76. The van der Waals surface area contributed by atoms with E-state index in [-0.39, 0.29) is 0 Å². The summed E-state index contributed by atoms with van der Waals surface area (Å²) in [5, 5.41) is 0. The second-order valence-electron chi connectivity index (χ2n) is 8.56. The Labute approximate surface area is 177 Å². The minimum atomic E-state index is 0.655. The first-order valence-electron chi connectivity index (χ1n) is 11.0. The second kappa shape index (κ2) is 7.18. The SMILES string of the molecule is CCc1nc2c(-c3c(OC)cc(C)cc3OC)ncc(C)n2c1N(C1CC1)C1CC1. The van der Waals surface area contributed by atoms with Gasteiger partial charge in [-0.05, 0) is 63.6 Å². The average Bonchev–Trinajstić information content (AvgIpc) is 3.67. The molecule has 2 heterocycles. The predicted octanol–water partition coefficient (Wildman–Crippen LogP) is 4.72. The maximum Gasteiger partial charge on any atom is 0.165 e. The number of ether oxygens (including phenoxy) is 2. The van der Waals surface area contributed by atoms with Crippen molar-refractivity contribution in [2.24, 2.45) is 0 Å². The van der Waals surface area contributed by atoms with Crippen molar-refractivity contribution >= 4 is 11.5 Å². The molecule has 0 unspecified atom stereocenters. The summed E-state index contributed by atoms with van der Waals surface area (Å²) in [7, 11) is 3.39. The molecule has 2 saturated carbocycles. The van der Waals surface area contributed by atoms with Crippen molar-refractivity contribution in [1.29, 1.82) is 0 Å². The number of benzene rings is 1. The molecular formula is C24H30N4O2. The molecular weight excluding hydrogens is 376 g/mol. The zero-order valence-electron chi connectivity index (χ0n) is 18.5. The standard InChI is InChI=1S/C24H30N4O2/c1-6-18-24(28(16-7-8-16)17-9-10-17)27-15(3)13-25-22(23(27)26-18)21-19(29-4)11-14(2)12-20(21)30-5/h11-13,16-17H,6-10H2,1-5H3. The summed E-state index contributed by atoms with van der Waals surface area (Å²) in [6.07, 6.45) is 7.97. The molecule has 0 spiro atoms. The number of methoxy groups -OCH3 is 2. The van der Waals surface area contributed by atoms with Gasteiger partial charge in [-0.2, -0.15) is 0 Å². The number of nitrogens with zero attached hydrogens (tertiary/aromatic N) is 4. The molecule has 0 aliphatic heterocycles. The average molecular weight is 407 g/mol. The molecule has 2 aliphatic rings. The fourth-order valence-corrected chi connectivity index (χ4v) is 4.53. The zero-order chi connectivity index (χ0) is 21.0. The van der Waals surface area contributed by atoms with Crippen LogP contribution in [0.1, 0.15) is 49.6 Å². The van der Waals surface area contributed by atoms with Gasteiger partial charge in [0.25, 0.3) is 0 Å². The highest BCUT2D eigenvalue weighted by Crippen LogP contribution is 2.45. The highest BCUT2D eigenvalue weighted by atomic mass is 16.5. The summed E-state index contributed by atoms with van der Waals surface area (Å²) in [4.78, 5) is 12.6. The number of aromatic nitrogens is 3. The molecule has 1 aromatic carbocycles. The van der Waals surface area contributed by atoms with E-state index in [9.17, 15) is 0 Å². The van der Waals surface area contributed by atoms with Gasteiger partial charge in [0.2, 0.25) is 0 Å². The minimum Gasteiger partial charge on any atom is -0.496 e. The van der Waals surface area contributed by atoms with Gasteiger partial charge in [0.1, 0.15) is 23.0 Å². The third-order valence-corrected chi connectivity index (χ3v) is 6.21. The van der Waals surface area contributed by atoms with Crippen molar-refractivity contribution in [2.45, 2.75) is 65.0 Å². The molecule has 30 heavy (non-hydrogen) atoms. The lowest BCUT2D eigenvalue weighted by atomic mass is 10.1. The first kappa shape index (κ1) is 19.2. The van der Waals surface area contributed by atoms with Crippen molar-refractivity contribution in [3.8, 4) is 22.8 Å². The number of hydrogen-bond acceptors (Lipinski definition) is 5. The molecule has 2 fully saturated rings. The van der Waals surface area contributed by atoms with Gasteiger partial charge in [-0.25, -0.2) is 4.98 Å². The maximum atomic E-state index is 5.74. The summed E-state index contributed by atoms with van der Waals surface area (Å²) in [5.74, 6) is 2.78. The van der Waals surface area contributed by atoms with Crippen LogP contribution in [0.15, 0.2) is 18.3 Å². The Morgan fingerprint density at radius 1 is 1.03 bits per heavy atom. The maximum absolute atomic E-state index is 5.74. The Balaban J connectivity index is 1.80. The first-order chi connectivity index (χ1) is 14.6. The predicted molar refractivity (Wildman–Crippen MR) is 119 cm³/mol. The van der Waals surface area contributed by atoms with E-state index in [1.54, 1.807) is 14.2 Å². The van der Waals surface area contributed by atoms with E-state index in [4.69, 9.17) is 19.4 Å². The van der Waals surface area contributed by atoms with Gasteiger partial charge in [0.05, 0.1) is 25.5 Å². The lowest BCUT2D eigenvalue weighted by Crippen LogP contribution is -2.30. The van der Waals surface area contributed by atoms with Crippen molar-refractivity contribution < 1.29 is 9.47 Å². The molecule has 0 atom stereocenters. The van der Waals surface area contributed by atoms with Gasteiger partial charge in [-0.3, -0.25) is 9.38 Å². The fraction of sp³-hybridized carbons (Fsp3) is 0.500. The molecule has 6 nitrogen and oxygen atoms in total. The largest absolute Gasteiger partial charge is 0.496 e. The van der Waals surface area contributed by atoms with E-state index >= 15 is 0 Å². The van der Waals surface area contributed by atoms with E-state index in [1.165, 1.54) is 31.5 Å².